The maximum atomic E-state index is 14.4. The van der Waals surface area contributed by atoms with Gasteiger partial charge in [0.05, 0.1) is 72.6 Å². The third-order valence-corrected chi connectivity index (χ3v) is 15.0. The summed E-state index contributed by atoms with van der Waals surface area (Å²) in [6.45, 7) is 18.1. The van der Waals surface area contributed by atoms with E-state index >= 15 is 0 Å². The van der Waals surface area contributed by atoms with Gasteiger partial charge in [-0.15, -0.1) is 5.10 Å². The highest BCUT2D eigenvalue weighted by Gasteiger charge is 2.53. The van der Waals surface area contributed by atoms with Crippen LogP contribution in [0, 0.1) is 29.5 Å². The van der Waals surface area contributed by atoms with E-state index in [0.29, 0.717) is 25.9 Å². The number of carbonyl (C=O) groups is 2. The lowest BCUT2D eigenvalue weighted by Gasteiger charge is -2.49. The van der Waals surface area contributed by atoms with E-state index in [4.69, 9.17) is 33.2 Å². The van der Waals surface area contributed by atoms with Crippen molar-refractivity contribution in [3.63, 3.8) is 0 Å². The third-order valence-electron chi connectivity index (χ3n) is 15.0. The highest BCUT2D eigenvalue weighted by atomic mass is 19.1. The Balaban J connectivity index is 1.46. The summed E-state index contributed by atoms with van der Waals surface area (Å²) in [5.74, 6) is -4.89. The molecule has 1 aromatic carbocycles. The minimum absolute atomic E-state index is 0.0223. The topological polar surface area (TPSA) is 214 Å². The first-order valence-corrected chi connectivity index (χ1v) is 23.9. The summed E-state index contributed by atoms with van der Waals surface area (Å²) in [6, 6.07) is 5.79. The number of likely N-dealkylation sites (N-methyl/N-ethyl adjacent to an activating group) is 1. The number of aromatic nitrogens is 3. The Hall–Kier alpha value is -3.01. The first-order chi connectivity index (χ1) is 31.4. The number of benzene rings is 1. The van der Waals surface area contributed by atoms with Crippen molar-refractivity contribution < 1.29 is 67.6 Å². The number of ketones is 1. The number of aliphatic hydroxyl groups excluding tert-OH is 3. The number of cyclic esters (lactones) is 1. The number of carbonyl (C=O) groups excluding carboxylic acids is 2. The molecule has 0 spiro atoms. The molecule has 0 aliphatic carbocycles. The number of rotatable bonds is 14. The molecule has 5 rings (SSSR count). The van der Waals surface area contributed by atoms with Gasteiger partial charge in [0.15, 0.2) is 6.29 Å². The third kappa shape index (κ3) is 12.7. The van der Waals surface area contributed by atoms with Gasteiger partial charge in [0.2, 0.25) is 0 Å². The van der Waals surface area contributed by atoms with Crippen molar-refractivity contribution in [1.29, 1.82) is 0 Å². The van der Waals surface area contributed by atoms with Crippen LogP contribution in [0.3, 0.4) is 0 Å². The molecule has 3 aliphatic heterocycles. The zero-order valence-corrected chi connectivity index (χ0v) is 41.8. The first-order valence-electron chi connectivity index (χ1n) is 23.9. The fourth-order valence-corrected chi connectivity index (χ4v) is 10.6. The number of hydrogen-bond acceptors (Lipinski definition) is 16. The lowest BCUT2D eigenvalue weighted by molar-refractivity contribution is -0.304. The number of esters is 1. The normalized spacial score (nSPS) is 40.7. The van der Waals surface area contributed by atoms with Gasteiger partial charge in [-0.1, -0.05) is 45.0 Å². The summed E-state index contributed by atoms with van der Waals surface area (Å²) in [4.78, 5) is 30.6. The van der Waals surface area contributed by atoms with Gasteiger partial charge >= 0.3 is 5.97 Å². The average Bonchev–Trinajstić information content (AvgIpc) is 3.75. The molecular weight excluding hydrogens is 872 g/mol. The molecule has 0 unspecified atom stereocenters. The predicted molar refractivity (Wildman–Crippen MR) is 244 cm³/mol. The Morgan fingerprint density at radius 3 is 2.21 bits per heavy atom. The number of aliphatic hydroxyl groups is 4. The molecule has 17 nitrogen and oxygen atoms in total. The molecule has 380 valence electrons. The number of nitrogens with zero attached hydrogens (tertiary/aromatic N) is 4. The Morgan fingerprint density at radius 1 is 0.925 bits per heavy atom. The largest absolute Gasteiger partial charge is 0.459 e. The smallest absolute Gasteiger partial charge is 0.311 e. The van der Waals surface area contributed by atoms with Crippen LogP contribution >= 0.6 is 0 Å². The van der Waals surface area contributed by atoms with Crippen molar-refractivity contribution in [1.82, 2.24) is 19.9 Å². The van der Waals surface area contributed by atoms with Crippen molar-refractivity contribution in [2.75, 3.05) is 34.4 Å². The molecule has 1 aromatic heterocycles. The van der Waals surface area contributed by atoms with E-state index in [9.17, 15) is 34.4 Å². The van der Waals surface area contributed by atoms with Crippen LogP contribution in [0.15, 0.2) is 30.5 Å². The number of halogens is 1. The SMILES string of the molecule is CC[C@H]1OC(=O)[C@H](C)[C@@H](OC[C@H]2C[C@@](C)(OC)[C@@H](O)[C@H](C)O2)[C@H](C)[C@@H](O[C@@H]2O[C@H](C)C[C@H](N(C)CCc3cn(Cc4ccc(F)cc4)nn3)[C@H]2O)[C@](C)(OC)C[C@@H](C)C(=O)[C@H](C)[C@@H](O)[C@]1(C)O. The molecule has 0 saturated carbocycles. The lowest BCUT2D eigenvalue weighted by atomic mass is 9.74. The van der Waals surface area contributed by atoms with Gasteiger partial charge in [0.25, 0.3) is 0 Å². The summed E-state index contributed by atoms with van der Waals surface area (Å²) >= 11 is 0. The molecule has 3 saturated heterocycles. The fraction of sp³-hybridized carbons (Fsp3) is 0.796. The highest BCUT2D eigenvalue weighted by Crippen LogP contribution is 2.41. The van der Waals surface area contributed by atoms with Crippen LogP contribution in [0.1, 0.15) is 106 Å². The molecule has 4 N–H and O–H groups in total. The standard InChI is InChI=1S/C49H79FN4O13/c1-14-38-49(10,60)42(57)29(4)39(55)27(2)22-48(9,62-13)44(30(5)41(31(6)45(59)66-38)63-26-36-23-47(8,61-12)43(58)32(7)65-36)67-46-40(56)37(21-28(3)64-46)53(11)20-19-35-25-54(52-51-35)24-33-15-17-34(50)18-16-33/h15-18,25,27-32,36-38,40-44,46,56-58,60H,14,19-24,26H2,1-13H3/t27-,28-,29+,30+,31-,32+,36-,37+,38-,40-,41+,42-,43+,44-,46+,47-,48-,49-/m1/s1. The van der Waals surface area contributed by atoms with Crippen molar-refractivity contribution in [2.45, 2.75) is 192 Å². The zero-order valence-electron chi connectivity index (χ0n) is 41.8. The number of methoxy groups -OCH3 is 2. The molecule has 3 fully saturated rings. The van der Waals surface area contributed by atoms with E-state index in [1.165, 1.54) is 33.3 Å². The fourth-order valence-electron chi connectivity index (χ4n) is 10.6. The van der Waals surface area contributed by atoms with Crippen LogP contribution in [-0.2, 0) is 55.7 Å². The number of ether oxygens (including phenoxy) is 7. The summed E-state index contributed by atoms with van der Waals surface area (Å²) in [5, 5.41) is 55.1. The summed E-state index contributed by atoms with van der Waals surface area (Å²) in [5.41, 5.74) is -2.60. The summed E-state index contributed by atoms with van der Waals surface area (Å²) in [6.07, 6.45) is -6.19. The number of Topliss-reactive ketones (excluding diaryl/α,β-unsaturated/α-hetero) is 1. The maximum absolute atomic E-state index is 14.4. The first kappa shape index (κ1) is 54.9. The van der Waals surface area contributed by atoms with Crippen LogP contribution in [0.25, 0.3) is 0 Å². The highest BCUT2D eigenvalue weighted by molar-refractivity contribution is 5.83. The maximum Gasteiger partial charge on any atom is 0.311 e. The second-order valence-corrected chi connectivity index (χ2v) is 20.3. The van der Waals surface area contributed by atoms with E-state index in [0.717, 1.165) is 11.3 Å². The van der Waals surface area contributed by atoms with E-state index in [1.807, 2.05) is 32.0 Å². The predicted octanol–water partition coefficient (Wildman–Crippen LogP) is 3.87. The minimum atomic E-state index is -1.99. The van der Waals surface area contributed by atoms with Gasteiger partial charge in [-0.05, 0) is 85.5 Å². The van der Waals surface area contributed by atoms with E-state index in [-0.39, 0.29) is 43.6 Å². The van der Waals surface area contributed by atoms with Crippen molar-refractivity contribution >= 4 is 11.8 Å². The minimum Gasteiger partial charge on any atom is -0.459 e. The molecule has 67 heavy (non-hydrogen) atoms. The Morgan fingerprint density at radius 2 is 1.58 bits per heavy atom. The van der Waals surface area contributed by atoms with Crippen LogP contribution in [0.5, 0.6) is 0 Å². The molecule has 18 heteroatoms. The molecule has 2 aromatic rings. The van der Waals surface area contributed by atoms with E-state index in [1.54, 1.807) is 65.3 Å². The molecular formula is C49H79FN4O13. The summed E-state index contributed by atoms with van der Waals surface area (Å²) < 4.78 is 59.7. The van der Waals surface area contributed by atoms with Crippen molar-refractivity contribution in [2.24, 2.45) is 23.7 Å². The quantitative estimate of drug-likeness (QED) is 0.198. The van der Waals surface area contributed by atoms with Gasteiger partial charge in [0, 0.05) is 63.6 Å². The van der Waals surface area contributed by atoms with Gasteiger partial charge in [-0.25, -0.2) is 9.07 Å². The van der Waals surface area contributed by atoms with Gasteiger partial charge < -0.3 is 58.5 Å². The Bertz CT molecular complexity index is 1910. The van der Waals surface area contributed by atoms with Crippen molar-refractivity contribution in [3.8, 4) is 0 Å². The van der Waals surface area contributed by atoms with Crippen LogP contribution in [0.2, 0.25) is 0 Å². The Kier molecular flexibility index (Phi) is 18.7. The monoisotopic (exact) mass is 951 g/mol. The summed E-state index contributed by atoms with van der Waals surface area (Å²) in [7, 11) is 4.95. The van der Waals surface area contributed by atoms with Gasteiger partial charge in [-0.2, -0.15) is 0 Å². The van der Waals surface area contributed by atoms with Gasteiger partial charge in [-0.3, -0.25) is 9.59 Å². The average molecular weight is 951 g/mol. The second-order valence-electron chi connectivity index (χ2n) is 20.3. The van der Waals surface area contributed by atoms with E-state index < -0.39 is 108 Å². The van der Waals surface area contributed by atoms with Crippen molar-refractivity contribution in [3.05, 3.63) is 47.5 Å². The van der Waals surface area contributed by atoms with Crippen LogP contribution in [0.4, 0.5) is 4.39 Å². The zero-order chi connectivity index (χ0) is 49.8. The molecule has 0 amide bonds. The second kappa shape index (κ2) is 22.8. The molecule has 18 atom stereocenters. The number of hydrogen-bond donors (Lipinski definition) is 4. The molecule has 4 heterocycles. The molecule has 0 bridgehead atoms. The van der Waals surface area contributed by atoms with Crippen LogP contribution in [-0.4, -0.2) is 171 Å². The molecule has 0 radical (unpaired) electrons. The Labute approximate surface area is 395 Å². The van der Waals surface area contributed by atoms with E-state index in [2.05, 4.69) is 10.3 Å². The van der Waals surface area contributed by atoms with Gasteiger partial charge in [0.1, 0.15) is 35.5 Å². The van der Waals surface area contributed by atoms with Crippen LogP contribution < -0.4 is 0 Å². The molecule has 3 aliphatic rings. The lowest BCUT2D eigenvalue weighted by Crippen LogP contribution is -2.61.